The zero-order chi connectivity index (χ0) is 14.9. The fraction of sp³-hybridized carbons (Fsp3) is 0.571. The Labute approximate surface area is 120 Å². The van der Waals surface area contributed by atoms with Crippen molar-refractivity contribution in [2.75, 3.05) is 14.1 Å². The second-order valence-electron chi connectivity index (χ2n) is 5.57. The van der Waals surface area contributed by atoms with Gasteiger partial charge in [-0.05, 0) is 37.5 Å². The van der Waals surface area contributed by atoms with Crippen LogP contribution in [0.3, 0.4) is 0 Å². The predicted molar refractivity (Wildman–Crippen MR) is 77.9 cm³/mol. The van der Waals surface area contributed by atoms with Gasteiger partial charge in [-0.1, -0.05) is 12.1 Å². The van der Waals surface area contributed by atoms with Crippen molar-refractivity contribution in [3.05, 3.63) is 29.8 Å². The third kappa shape index (κ3) is 3.20. The maximum atomic E-state index is 12.0. The highest BCUT2D eigenvalue weighted by atomic mass is 32.2. The summed E-state index contributed by atoms with van der Waals surface area (Å²) in [6.07, 6.45) is 1.40. The van der Waals surface area contributed by atoms with Crippen LogP contribution in [-0.4, -0.2) is 44.1 Å². The molecule has 1 aliphatic rings. The average molecular weight is 298 g/mol. The summed E-state index contributed by atoms with van der Waals surface area (Å²) in [6, 6.07) is 7.44. The van der Waals surface area contributed by atoms with Crippen molar-refractivity contribution in [3.63, 3.8) is 0 Å². The lowest BCUT2D eigenvalue weighted by Gasteiger charge is -2.34. The molecule has 5 nitrogen and oxygen atoms in total. The van der Waals surface area contributed by atoms with Gasteiger partial charge in [0.1, 0.15) is 0 Å². The van der Waals surface area contributed by atoms with Gasteiger partial charge in [0.2, 0.25) is 10.0 Å². The maximum absolute atomic E-state index is 12.0. The van der Waals surface area contributed by atoms with Crippen molar-refractivity contribution in [3.8, 4) is 0 Å². The topological polar surface area (TPSA) is 69.6 Å². The SMILES string of the molecule is CC(NC1CC(O)C1)c1ccc(S(=O)(=O)N(C)C)cc1. The molecule has 0 spiro atoms. The number of benzene rings is 1. The summed E-state index contributed by atoms with van der Waals surface area (Å²) in [5, 5.41) is 12.7. The van der Waals surface area contributed by atoms with Crippen LogP contribution in [0.2, 0.25) is 0 Å². The van der Waals surface area contributed by atoms with Crippen LogP contribution < -0.4 is 5.32 Å². The average Bonchev–Trinajstić information content (AvgIpc) is 2.36. The van der Waals surface area contributed by atoms with E-state index in [1.54, 1.807) is 12.1 Å². The van der Waals surface area contributed by atoms with Crippen molar-refractivity contribution in [1.82, 2.24) is 9.62 Å². The molecule has 1 atom stereocenters. The minimum Gasteiger partial charge on any atom is -0.393 e. The quantitative estimate of drug-likeness (QED) is 0.854. The lowest BCUT2D eigenvalue weighted by atomic mass is 9.88. The Kier molecular flexibility index (Phi) is 4.49. The van der Waals surface area contributed by atoms with Gasteiger partial charge in [0, 0.05) is 26.2 Å². The molecule has 112 valence electrons. The molecule has 1 fully saturated rings. The fourth-order valence-electron chi connectivity index (χ4n) is 2.31. The van der Waals surface area contributed by atoms with E-state index in [-0.39, 0.29) is 12.1 Å². The highest BCUT2D eigenvalue weighted by Gasteiger charge is 2.28. The molecule has 1 saturated carbocycles. The van der Waals surface area contributed by atoms with Crippen molar-refractivity contribution in [2.45, 2.75) is 42.8 Å². The van der Waals surface area contributed by atoms with Crippen LogP contribution in [0, 0.1) is 0 Å². The molecular formula is C14H22N2O3S. The number of hydrogen-bond donors (Lipinski definition) is 2. The fourth-order valence-corrected chi connectivity index (χ4v) is 3.21. The van der Waals surface area contributed by atoms with E-state index in [1.807, 2.05) is 19.1 Å². The van der Waals surface area contributed by atoms with Crippen LogP contribution in [0.25, 0.3) is 0 Å². The Morgan fingerprint density at radius 3 is 2.25 bits per heavy atom. The molecule has 0 aromatic heterocycles. The molecule has 2 rings (SSSR count). The number of nitrogens with zero attached hydrogens (tertiary/aromatic N) is 1. The Morgan fingerprint density at radius 1 is 1.25 bits per heavy atom. The van der Waals surface area contributed by atoms with E-state index in [4.69, 9.17) is 0 Å². The molecular weight excluding hydrogens is 276 g/mol. The van der Waals surface area contributed by atoms with Gasteiger partial charge in [-0.2, -0.15) is 0 Å². The van der Waals surface area contributed by atoms with E-state index in [9.17, 15) is 13.5 Å². The Hall–Kier alpha value is -0.950. The summed E-state index contributed by atoms with van der Waals surface area (Å²) in [5.74, 6) is 0. The first-order valence-corrected chi connectivity index (χ1v) is 8.21. The summed E-state index contributed by atoms with van der Waals surface area (Å²) in [7, 11) is -0.317. The van der Waals surface area contributed by atoms with Gasteiger partial charge in [-0.25, -0.2) is 12.7 Å². The van der Waals surface area contributed by atoms with Crippen LogP contribution in [0.1, 0.15) is 31.4 Å². The van der Waals surface area contributed by atoms with E-state index < -0.39 is 10.0 Å². The molecule has 0 aliphatic heterocycles. The monoisotopic (exact) mass is 298 g/mol. The van der Waals surface area contributed by atoms with Gasteiger partial charge in [0.25, 0.3) is 0 Å². The highest BCUT2D eigenvalue weighted by molar-refractivity contribution is 7.89. The lowest BCUT2D eigenvalue weighted by molar-refractivity contribution is 0.0586. The van der Waals surface area contributed by atoms with Gasteiger partial charge < -0.3 is 10.4 Å². The first-order chi connectivity index (χ1) is 9.30. The second-order valence-corrected chi connectivity index (χ2v) is 7.72. The van der Waals surface area contributed by atoms with Crippen molar-refractivity contribution in [2.24, 2.45) is 0 Å². The van der Waals surface area contributed by atoms with E-state index >= 15 is 0 Å². The summed E-state index contributed by atoms with van der Waals surface area (Å²) < 4.78 is 25.1. The number of rotatable bonds is 5. The minimum atomic E-state index is -3.36. The van der Waals surface area contributed by atoms with Crippen LogP contribution in [0.5, 0.6) is 0 Å². The van der Waals surface area contributed by atoms with Gasteiger partial charge >= 0.3 is 0 Å². The first-order valence-electron chi connectivity index (χ1n) is 6.77. The van der Waals surface area contributed by atoms with Gasteiger partial charge in [0.05, 0.1) is 11.0 Å². The normalized spacial score (nSPS) is 24.4. The third-order valence-corrected chi connectivity index (χ3v) is 5.59. The highest BCUT2D eigenvalue weighted by Crippen LogP contribution is 2.24. The molecule has 0 saturated heterocycles. The maximum Gasteiger partial charge on any atom is 0.242 e. The molecule has 0 heterocycles. The lowest BCUT2D eigenvalue weighted by Crippen LogP contribution is -2.45. The van der Waals surface area contributed by atoms with Crippen LogP contribution in [0.15, 0.2) is 29.2 Å². The van der Waals surface area contributed by atoms with Crippen molar-refractivity contribution >= 4 is 10.0 Å². The van der Waals surface area contributed by atoms with E-state index in [0.717, 1.165) is 18.4 Å². The summed E-state index contributed by atoms with van der Waals surface area (Å²) in [6.45, 7) is 2.04. The molecule has 2 N–H and O–H groups in total. The zero-order valence-corrected chi connectivity index (χ0v) is 12.9. The number of nitrogens with one attached hydrogen (secondary N) is 1. The Bertz CT molecular complexity index is 548. The molecule has 6 heteroatoms. The first kappa shape index (κ1) is 15.4. The van der Waals surface area contributed by atoms with E-state index in [1.165, 1.54) is 18.4 Å². The smallest absolute Gasteiger partial charge is 0.242 e. The van der Waals surface area contributed by atoms with Gasteiger partial charge in [-0.15, -0.1) is 0 Å². The number of hydrogen-bond acceptors (Lipinski definition) is 4. The molecule has 1 aromatic carbocycles. The van der Waals surface area contributed by atoms with Crippen molar-refractivity contribution in [1.29, 1.82) is 0 Å². The molecule has 1 unspecified atom stereocenters. The minimum absolute atomic E-state index is 0.142. The van der Waals surface area contributed by atoms with Crippen LogP contribution in [0.4, 0.5) is 0 Å². The van der Waals surface area contributed by atoms with E-state index in [0.29, 0.717) is 10.9 Å². The third-order valence-electron chi connectivity index (χ3n) is 3.76. The number of aliphatic hydroxyl groups excluding tert-OH is 1. The van der Waals surface area contributed by atoms with Gasteiger partial charge in [0.15, 0.2) is 0 Å². The van der Waals surface area contributed by atoms with Crippen LogP contribution >= 0.6 is 0 Å². The van der Waals surface area contributed by atoms with Gasteiger partial charge in [-0.3, -0.25) is 0 Å². The molecule has 0 radical (unpaired) electrons. The molecule has 0 amide bonds. The second kappa shape index (κ2) is 5.81. The molecule has 20 heavy (non-hydrogen) atoms. The number of aliphatic hydroxyl groups is 1. The largest absolute Gasteiger partial charge is 0.393 e. The molecule has 0 bridgehead atoms. The van der Waals surface area contributed by atoms with Crippen LogP contribution in [-0.2, 0) is 10.0 Å². The summed E-state index contributed by atoms with van der Waals surface area (Å²) in [5.41, 5.74) is 1.05. The molecule has 1 aromatic rings. The summed E-state index contributed by atoms with van der Waals surface area (Å²) >= 11 is 0. The number of sulfonamides is 1. The zero-order valence-electron chi connectivity index (χ0n) is 12.1. The standard InChI is InChI=1S/C14H22N2O3S/c1-10(15-12-8-13(17)9-12)11-4-6-14(7-5-11)20(18,19)16(2)3/h4-7,10,12-13,15,17H,8-9H2,1-3H3. The van der Waals surface area contributed by atoms with Crippen molar-refractivity contribution < 1.29 is 13.5 Å². The Balaban J connectivity index is 2.04. The summed E-state index contributed by atoms with van der Waals surface area (Å²) in [4.78, 5) is 0.303. The predicted octanol–water partition coefficient (Wildman–Crippen LogP) is 1.11. The Morgan fingerprint density at radius 2 is 1.80 bits per heavy atom. The molecule has 1 aliphatic carbocycles. The van der Waals surface area contributed by atoms with E-state index in [2.05, 4.69) is 5.32 Å².